The lowest BCUT2D eigenvalue weighted by atomic mass is 10.0. The summed E-state index contributed by atoms with van der Waals surface area (Å²) in [5.74, 6) is 0. The average molecular weight is 405 g/mol. The molecule has 1 aliphatic heterocycles. The molecule has 0 atom stereocenters. The molecule has 1 fully saturated rings. The summed E-state index contributed by atoms with van der Waals surface area (Å²) in [4.78, 5) is 2.44. The quantitative estimate of drug-likeness (QED) is 0.530. The number of para-hydroxylation sites is 1. The van der Waals surface area contributed by atoms with Gasteiger partial charge in [0.05, 0.1) is 16.9 Å². The fraction of sp³-hybridized carbons (Fsp3) is 0.208. The topological polar surface area (TPSA) is 33.1 Å². The van der Waals surface area contributed by atoms with E-state index in [9.17, 15) is 0 Å². The molecule has 1 aromatic heterocycles. The third-order valence-electron chi connectivity index (χ3n) is 5.55. The number of fused-ring (bicyclic) bond motifs is 1. The number of hydrogen-bond acceptors (Lipinski definition) is 3. The van der Waals surface area contributed by atoms with Gasteiger partial charge in [-0.15, -0.1) is 12.4 Å². The van der Waals surface area contributed by atoms with Gasteiger partial charge in [-0.3, -0.25) is 0 Å². The van der Waals surface area contributed by atoms with Gasteiger partial charge >= 0.3 is 0 Å². The minimum Gasteiger partial charge on any atom is -0.369 e. The van der Waals surface area contributed by atoms with Crippen molar-refractivity contribution in [3.63, 3.8) is 0 Å². The molecule has 0 spiro atoms. The number of benzene rings is 3. The van der Waals surface area contributed by atoms with Gasteiger partial charge in [0.15, 0.2) is 0 Å². The van der Waals surface area contributed by atoms with E-state index in [4.69, 9.17) is 5.10 Å². The molecule has 0 aliphatic carbocycles. The Morgan fingerprint density at radius 3 is 2.21 bits per heavy atom. The molecule has 5 rings (SSSR count). The lowest BCUT2D eigenvalue weighted by Crippen LogP contribution is -2.43. The predicted molar refractivity (Wildman–Crippen MR) is 124 cm³/mol. The molecule has 0 radical (unpaired) electrons. The number of anilines is 1. The number of hydrogen-bond donors (Lipinski definition) is 1. The van der Waals surface area contributed by atoms with E-state index >= 15 is 0 Å². The fourth-order valence-corrected chi connectivity index (χ4v) is 4.00. The molecule has 4 aromatic rings. The molecular weight excluding hydrogens is 380 g/mol. The second-order valence-corrected chi connectivity index (χ2v) is 7.35. The zero-order valence-electron chi connectivity index (χ0n) is 16.5. The number of aromatic nitrogens is 2. The summed E-state index contributed by atoms with van der Waals surface area (Å²) < 4.78 is 2.04. The molecule has 0 saturated carbocycles. The minimum atomic E-state index is 0. The molecule has 2 heterocycles. The number of nitrogens with zero attached hydrogens (tertiary/aromatic N) is 3. The van der Waals surface area contributed by atoms with Crippen LogP contribution in [0.2, 0.25) is 0 Å². The van der Waals surface area contributed by atoms with E-state index in [1.807, 2.05) is 10.7 Å². The van der Waals surface area contributed by atoms with Crippen LogP contribution in [0.15, 0.2) is 72.8 Å². The minimum absolute atomic E-state index is 0. The monoisotopic (exact) mass is 404 g/mol. The van der Waals surface area contributed by atoms with Crippen molar-refractivity contribution in [2.75, 3.05) is 31.1 Å². The first-order valence-electron chi connectivity index (χ1n) is 9.90. The molecule has 5 heteroatoms. The second kappa shape index (κ2) is 8.27. The number of halogens is 1. The number of rotatable bonds is 3. The highest BCUT2D eigenvalue weighted by Gasteiger charge is 2.12. The highest BCUT2D eigenvalue weighted by atomic mass is 35.5. The molecule has 29 heavy (non-hydrogen) atoms. The molecule has 3 aromatic carbocycles. The summed E-state index contributed by atoms with van der Waals surface area (Å²) in [5, 5.41) is 9.38. The Hall–Kier alpha value is -2.82. The molecule has 1 N–H and O–H groups in total. The first kappa shape index (κ1) is 19.5. The van der Waals surface area contributed by atoms with Gasteiger partial charge in [-0.25, -0.2) is 4.68 Å². The number of aryl methyl sites for hydroxylation is 1. The second-order valence-electron chi connectivity index (χ2n) is 7.35. The molecule has 0 unspecified atom stereocenters. The van der Waals surface area contributed by atoms with Gasteiger partial charge in [0, 0.05) is 37.3 Å². The highest BCUT2D eigenvalue weighted by Crippen LogP contribution is 2.29. The summed E-state index contributed by atoms with van der Waals surface area (Å²) in [5.41, 5.74) is 7.05. The van der Waals surface area contributed by atoms with Crippen molar-refractivity contribution in [3.8, 4) is 16.8 Å². The van der Waals surface area contributed by atoms with Crippen molar-refractivity contribution in [2.45, 2.75) is 6.92 Å². The Morgan fingerprint density at radius 2 is 1.48 bits per heavy atom. The summed E-state index contributed by atoms with van der Waals surface area (Å²) in [6.45, 7) is 6.33. The Kier molecular flexibility index (Phi) is 5.56. The summed E-state index contributed by atoms with van der Waals surface area (Å²) in [6.07, 6.45) is 0. The van der Waals surface area contributed by atoms with Crippen LogP contribution in [0.4, 0.5) is 5.69 Å². The summed E-state index contributed by atoms with van der Waals surface area (Å²) in [7, 11) is 0. The maximum atomic E-state index is 4.77. The van der Waals surface area contributed by atoms with Crippen molar-refractivity contribution in [1.29, 1.82) is 0 Å². The highest BCUT2D eigenvalue weighted by molar-refractivity contribution is 5.88. The van der Waals surface area contributed by atoms with Crippen molar-refractivity contribution < 1.29 is 0 Å². The van der Waals surface area contributed by atoms with Crippen molar-refractivity contribution in [2.24, 2.45) is 0 Å². The molecule has 0 amide bonds. The van der Waals surface area contributed by atoms with E-state index < -0.39 is 0 Å². The zero-order chi connectivity index (χ0) is 18.9. The molecule has 0 bridgehead atoms. The molecule has 1 saturated heterocycles. The smallest absolute Gasteiger partial charge is 0.0750 e. The Balaban J connectivity index is 0.00000205. The number of nitrogens with one attached hydrogen (secondary N) is 1. The van der Waals surface area contributed by atoms with Gasteiger partial charge < -0.3 is 10.2 Å². The normalized spacial score (nSPS) is 14.0. The maximum Gasteiger partial charge on any atom is 0.0750 e. The number of piperazine rings is 1. The molecule has 1 aliphatic rings. The van der Waals surface area contributed by atoms with Gasteiger partial charge in [0.2, 0.25) is 0 Å². The van der Waals surface area contributed by atoms with E-state index in [2.05, 4.69) is 83.9 Å². The van der Waals surface area contributed by atoms with Crippen LogP contribution in [0.3, 0.4) is 0 Å². The van der Waals surface area contributed by atoms with Crippen LogP contribution in [0.5, 0.6) is 0 Å². The summed E-state index contributed by atoms with van der Waals surface area (Å²) >= 11 is 0. The van der Waals surface area contributed by atoms with Gasteiger partial charge in [0.1, 0.15) is 0 Å². The van der Waals surface area contributed by atoms with Gasteiger partial charge in [0.25, 0.3) is 0 Å². The van der Waals surface area contributed by atoms with Crippen LogP contribution in [-0.4, -0.2) is 36.0 Å². The van der Waals surface area contributed by atoms with Crippen LogP contribution < -0.4 is 10.2 Å². The summed E-state index contributed by atoms with van der Waals surface area (Å²) in [6, 6.07) is 25.9. The van der Waals surface area contributed by atoms with Gasteiger partial charge in [-0.05, 0) is 48.4 Å². The van der Waals surface area contributed by atoms with Crippen LogP contribution in [0.1, 0.15) is 5.69 Å². The largest absolute Gasteiger partial charge is 0.369 e. The predicted octanol–water partition coefficient (Wildman–Crippen LogP) is 4.83. The lowest BCUT2D eigenvalue weighted by molar-refractivity contribution is 0.589. The lowest BCUT2D eigenvalue weighted by Gasteiger charge is -2.29. The first-order valence-corrected chi connectivity index (χ1v) is 9.90. The first-order chi connectivity index (χ1) is 13.8. The van der Waals surface area contributed by atoms with E-state index in [0.717, 1.165) is 43.1 Å². The zero-order valence-corrected chi connectivity index (χ0v) is 17.3. The standard InChI is InChI=1S/C24H24N4.ClH/c1-18-23-12-9-20(17-24(23)28(26-18)22-5-3-2-4-6-22)19-7-10-21(11-8-19)27-15-13-25-14-16-27;/h2-12,17,25H,13-16H2,1H3;1H. The van der Waals surface area contributed by atoms with Crippen molar-refractivity contribution in [1.82, 2.24) is 15.1 Å². The fourth-order valence-electron chi connectivity index (χ4n) is 4.00. The van der Waals surface area contributed by atoms with Crippen molar-refractivity contribution >= 4 is 29.0 Å². The Bertz CT molecular complexity index is 1100. The third-order valence-corrected chi connectivity index (χ3v) is 5.55. The van der Waals surface area contributed by atoms with Gasteiger partial charge in [-0.1, -0.05) is 42.5 Å². The molecule has 148 valence electrons. The SMILES string of the molecule is Cc1nn(-c2ccccc2)c2cc(-c3ccc(N4CCNCC4)cc3)ccc12.Cl. The Labute approximate surface area is 177 Å². The van der Waals surface area contributed by atoms with Gasteiger partial charge in [-0.2, -0.15) is 5.10 Å². The maximum absolute atomic E-state index is 4.77. The van der Waals surface area contributed by atoms with E-state index in [1.165, 1.54) is 22.2 Å². The van der Waals surface area contributed by atoms with Crippen LogP contribution in [0, 0.1) is 6.92 Å². The van der Waals surface area contributed by atoms with E-state index in [1.54, 1.807) is 0 Å². The molecule has 4 nitrogen and oxygen atoms in total. The van der Waals surface area contributed by atoms with Crippen molar-refractivity contribution in [3.05, 3.63) is 78.5 Å². The Morgan fingerprint density at radius 1 is 0.793 bits per heavy atom. The van der Waals surface area contributed by atoms with Crippen LogP contribution in [-0.2, 0) is 0 Å². The van der Waals surface area contributed by atoms with Crippen LogP contribution >= 0.6 is 12.4 Å². The third kappa shape index (κ3) is 3.74. The van der Waals surface area contributed by atoms with E-state index in [0.29, 0.717) is 0 Å². The molecular formula is C24H25ClN4. The van der Waals surface area contributed by atoms with Crippen LogP contribution in [0.25, 0.3) is 27.7 Å². The average Bonchev–Trinajstić information content (AvgIpc) is 3.11. The van der Waals surface area contributed by atoms with E-state index in [-0.39, 0.29) is 12.4 Å².